The van der Waals surface area contributed by atoms with Crippen LogP contribution in [0.4, 0.5) is 4.79 Å². The number of hydrogen-bond acceptors (Lipinski definition) is 4. The minimum atomic E-state index is -0.479. The van der Waals surface area contributed by atoms with E-state index >= 15 is 0 Å². The molecule has 0 atom stereocenters. The Morgan fingerprint density at radius 2 is 1.67 bits per heavy atom. The molecule has 18 heavy (non-hydrogen) atoms. The second kappa shape index (κ2) is 6.07. The minimum absolute atomic E-state index is 0.0216. The van der Waals surface area contributed by atoms with Crippen LogP contribution < -0.4 is 5.32 Å². The molecule has 0 spiro atoms. The molecule has 1 N–H and O–H groups in total. The van der Waals surface area contributed by atoms with E-state index in [1.165, 1.54) is 7.11 Å². The molecule has 104 valence electrons. The number of amides is 1. The first-order chi connectivity index (χ1) is 8.31. The van der Waals surface area contributed by atoms with Gasteiger partial charge in [0, 0.05) is 6.04 Å². The summed E-state index contributed by atoms with van der Waals surface area (Å²) in [6, 6.07) is 0.0979. The van der Waals surface area contributed by atoms with Gasteiger partial charge in [-0.25, -0.2) is 4.79 Å². The first-order valence-electron chi connectivity index (χ1n) is 6.39. The van der Waals surface area contributed by atoms with Gasteiger partial charge in [0.15, 0.2) is 0 Å². The lowest BCUT2D eigenvalue weighted by Gasteiger charge is -2.28. The molecule has 1 rings (SSSR count). The van der Waals surface area contributed by atoms with Crippen molar-refractivity contribution in [3.63, 3.8) is 0 Å². The Morgan fingerprint density at radius 1 is 1.11 bits per heavy atom. The highest BCUT2D eigenvalue weighted by molar-refractivity contribution is 5.72. The molecule has 1 saturated carbocycles. The maximum atomic E-state index is 11.6. The van der Waals surface area contributed by atoms with Crippen LogP contribution in [0.15, 0.2) is 0 Å². The molecule has 1 aliphatic rings. The van der Waals surface area contributed by atoms with Crippen molar-refractivity contribution in [3.8, 4) is 0 Å². The van der Waals surface area contributed by atoms with Crippen LogP contribution in [-0.2, 0) is 14.3 Å². The fourth-order valence-electron chi connectivity index (χ4n) is 2.11. The topological polar surface area (TPSA) is 64.6 Å². The van der Waals surface area contributed by atoms with Crippen LogP contribution in [-0.4, -0.2) is 30.8 Å². The molecule has 0 bridgehead atoms. The number of hydrogen-bond donors (Lipinski definition) is 1. The SMILES string of the molecule is COC(=O)C1CCC(NC(=O)OC(C)(C)C)CC1. The van der Waals surface area contributed by atoms with Crippen molar-refractivity contribution in [1.82, 2.24) is 5.32 Å². The minimum Gasteiger partial charge on any atom is -0.469 e. The normalized spacial score (nSPS) is 24.2. The van der Waals surface area contributed by atoms with Gasteiger partial charge in [-0.3, -0.25) is 4.79 Å². The van der Waals surface area contributed by atoms with Gasteiger partial charge in [0.2, 0.25) is 0 Å². The standard InChI is InChI=1S/C13H23NO4/c1-13(2,3)18-12(16)14-10-7-5-9(6-8-10)11(15)17-4/h9-10H,5-8H2,1-4H3,(H,14,16). The molecule has 0 saturated heterocycles. The molecule has 1 aliphatic carbocycles. The Kier molecular flexibility index (Phi) is 4.99. The Balaban J connectivity index is 2.31. The van der Waals surface area contributed by atoms with E-state index < -0.39 is 5.60 Å². The number of alkyl carbamates (subject to hydrolysis) is 1. The zero-order chi connectivity index (χ0) is 13.8. The summed E-state index contributed by atoms with van der Waals surface area (Å²) in [5.74, 6) is -0.169. The quantitative estimate of drug-likeness (QED) is 0.770. The second-order valence-corrected chi connectivity index (χ2v) is 5.72. The number of nitrogens with one attached hydrogen (secondary N) is 1. The number of carbonyl (C=O) groups excluding carboxylic acids is 2. The van der Waals surface area contributed by atoms with Crippen molar-refractivity contribution in [3.05, 3.63) is 0 Å². The van der Waals surface area contributed by atoms with Crippen molar-refractivity contribution in [2.24, 2.45) is 5.92 Å². The fraction of sp³-hybridized carbons (Fsp3) is 0.846. The average Bonchev–Trinajstić information content (AvgIpc) is 2.26. The molecule has 0 radical (unpaired) electrons. The van der Waals surface area contributed by atoms with Crippen LogP contribution in [0.3, 0.4) is 0 Å². The summed E-state index contributed by atoms with van der Waals surface area (Å²) >= 11 is 0. The summed E-state index contributed by atoms with van der Waals surface area (Å²) in [4.78, 5) is 22.9. The molecule has 0 aliphatic heterocycles. The van der Waals surface area contributed by atoms with Crippen LogP contribution in [0.1, 0.15) is 46.5 Å². The zero-order valence-corrected chi connectivity index (χ0v) is 11.6. The molecule has 5 heteroatoms. The molecule has 0 aromatic heterocycles. The molecule has 1 fully saturated rings. The third kappa shape index (κ3) is 4.94. The lowest BCUT2D eigenvalue weighted by Crippen LogP contribution is -2.41. The van der Waals surface area contributed by atoms with Crippen LogP contribution in [0, 0.1) is 5.92 Å². The van der Waals surface area contributed by atoms with Crippen LogP contribution in [0.2, 0.25) is 0 Å². The maximum absolute atomic E-state index is 11.6. The van der Waals surface area contributed by atoms with Gasteiger partial charge < -0.3 is 14.8 Å². The first-order valence-corrected chi connectivity index (χ1v) is 6.39. The smallest absolute Gasteiger partial charge is 0.407 e. The summed E-state index contributed by atoms with van der Waals surface area (Å²) in [6.07, 6.45) is 2.71. The highest BCUT2D eigenvalue weighted by Crippen LogP contribution is 2.25. The van der Waals surface area contributed by atoms with Crippen molar-refractivity contribution >= 4 is 12.1 Å². The van der Waals surface area contributed by atoms with Gasteiger partial charge in [0.05, 0.1) is 13.0 Å². The van der Waals surface area contributed by atoms with Gasteiger partial charge in [-0.15, -0.1) is 0 Å². The molecule has 5 nitrogen and oxygen atoms in total. The molecular weight excluding hydrogens is 234 g/mol. The summed E-state index contributed by atoms with van der Waals surface area (Å²) < 4.78 is 9.92. The summed E-state index contributed by atoms with van der Waals surface area (Å²) in [7, 11) is 1.41. The van der Waals surface area contributed by atoms with Crippen LogP contribution in [0.5, 0.6) is 0 Å². The van der Waals surface area contributed by atoms with E-state index in [0.717, 1.165) is 25.7 Å². The van der Waals surface area contributed by atoms with Crippen molar-refractivity contribution < 1.29 is 19.1 Å². The van der Waals surface area contributed by atoms with E-state index in [4.69, 9.17) is 9.47 Å². The third-order valence-electron chi connectivity index (χ3n) is 2.98. The third-order valence-corrected chi connectivity index (χ3v) is 2.98. The maximum Gasteiger partial charge on any atom is 0.407 e. The zero-order valence-electron chi connectivity index (χ0n) is 11.6. The predicted octanol–water partition coefficient (Wildman–Crippen LogP) is 2.24. The molecule has 0 aromatic rings. The van der Waals surface area contributed by atoms with Gasteiger partial charge in [-0.2, -0.15) is 0 Å². The van der Waals surface area contributed by atoms with Crippen LogP contribution >= 0.6 is 0 Å². The van der Waals surface area contributed by atoms with E-state index in [2.05, 4.69) is 5.32 Å². The average molecular weight is 257 g/mol. The van der Waals surface area contributed by atoms with Gasteiger partial charge >= 0.3 is 12.1 Å². The fourth-order valence-corrected chi connectivity index (χ4v) is 2.11. The van der Waals surface area contributed by atoms with E-state index in [0.29, 0.717) is 0 Å². The van der Waals surface area contributed by atoms with Crippen molar-refractivity contribution in [1.29, 1.82) is 0 Å². The number of rotatable bonds is 2. The highest BCUT2D eigenvalue weighted by Gasteiger charge is 2.28. The lowest BCUT2D eigenvalue weighted by atomic mass is 9.86. The molecule has 0 heterocycles. The van der Waals surface area contributed by atoms with Gasteiger partial charge in [0.25, 0.3) is 0 Å². The monoisotopic (exact) mass is 257 g/mol. The number of carbonyl (C=O) groups is 2. The highest BCUT2D eigenvalue weighted by atomic mass is 16.6. The Morgan fingerprint density at radius 3 is 2.11 bits per heavy atom. The summed E-state index contributed by atoms with van der Waals surface area (Å²) in [6.45, 7) is 5.50. The molecular formula is C13H23NO4. The Hall–Kier alpha value is -1.26. The van der Waals surface area contributed by atoms with E-state index in [9.17, 15) is 9.59 Å². The van der Waals surface area contributed by atoms with Gasteiger partial charge in [-0.05, 0) is 46.5 Å². The van der Waals surface area contributed by atoms with E-state index in [1.54, 1.807) is 0 Å². The molecule has 1 amide bonds. The van der Waals surface area contributed by atoms with E-state index in [-0.39, 0.29) is 24.0 Å². The Labute approximate surface area is 108 Å². The van der Waals surface area contributed by atoms with Crippen molar-refractivity contribution in [2.75, 3.05) is 7.11 Å². The largest absolute Gasteiger partial charge is 0.469 e. The molecule has 0 aromatic carbocycles. The van der Waals surface area contributed by atoms with E-state index in [1.807, 2.05) is 20.8 Å². The summed E-state index contributed by atoms with van der Waals surface area (Å²) in [5, 5.41) is 2.84. The molecule has 0 unspecified atom stereocenters. The second-order valence-electron chi connectivity index (χ2n) is 5.72. The Bertz CT molecular complexity index is 301. The van der Waals surface area contributed by atoms with Gasteiger partial charge in [0.1, 0.15) is 5.60 Å². The first kappa shape index (κ1) is 14.8. The lowest BCUT2D eigenvalue weighted by molar-refractivity contribution is -0.146. The number of ether oxygens (including phenoxy) is 2. The predicted molar refractivity (Wildman–Crippen MR) is 67.1 cm³/mol. The van der Waals surface area contributed by atoms with Crippen LogP contribution in [0.25, 0.3) is 0 Å². The summed E-state index contributed by atoms with van der Waals surface area (Å²) in [5.41, 5.74) is -0.479. The number of esters is 1. The number of methoxy groups -OCH3 is 1. The van der Waals surface area contributed by atoms with Crippen molar-refractivity contribution in [2.45, 2.75) is 58.1 Å². The van der Waals surface area contributed by atoms with Gasteiger partial charge in [-0.1, -0.05) is 0 Å².